The maximum Gasteiger partial charge on any atom is 0.573 e. The van der Waals surface area contributed by atoms with Gasteiger partial charge in [0.2, 0.25) is 0 Å². The number of halogens is 6. The van der Waals surface area contributed by atoms with Crippen molar-refractivity contribution in [2.75, 3.05) is 7.11 Å². The number of nitrogens with zero attached hydrogens (tertiary/aromatic N) is 1. The van der Waals surface area contributed by atoms with Crippen LogP contribution in [-0.4, -0.2) is 18.5 Å². The second kappa shape index (κ2) is 4.68. The quantitative estimate of drug-likeness (QED) is 0.619. The Kier molecular flexibility index (Phi) is 3.69. The van der Waals surface area contributed by atoms with E-state index in [0.29, 0.717) is 0 Å². The largest absolute Gasteiger partial charge is 0.573 e. The normalized spacial score (nSPS) is 11.8. The Balaban J connectivity index is 3.30. The molecule has 1 aromatic rings. The van der Waals surface area contributed by atoms with Crippen LogP contribution in [0.5, 0.6) is 11.5 Å². The number of alkyl halides is 5. The third-order valence-corrected chi connectivity index (χ3v) is 1.64. The fourth-order valence-corrected chi connectivity index (χ4v) is 1.07. The molecule has 0 bridgehead atoms. The molecular formula is C8H5F6NO2. The second-order valence-corrected chi connectivity index (χ2v) is 2.71. The van der Waals surface area contributed by atoms with Crippen LogP contribution in [0.25, 0.3) is 0 Å². The summed E-state index contributed by atoms with van der Waals surface area (Å²) in [6.07, 6.45) is -8.37. The summed E-state index contributed by atoms with van der Waals surface area (Å²) < 4.78 is 81.1. The van der Waals surface area contributed by atoms with Gasteiger partial charge in [-0.05, 0) is 0 Å². The number of methoxy groups -OCH3 is 1. The lowest BCUT2D eigenvalue weighted by atomic mass is 10.2. The molecule has 0 radical (unpaired) electrons. The van der Waals surface area contributed by atoms with Crippen molar-refractivity contribution in [1.82, 2.24) is 4.98 Å². The van der Waals surface area contributed by atoms with E-state index in [0.717, 1.165) is 7.11 Å². The molecule has 0 saturated heterocycles. The summed E-state index contributed by atoms with van der Waals surface area (Å²) in [7, 11) is 0.823. The van der Waals surface area contributed by atoms with Gasteiger partial charge in [-0.15, -0.1) is 13.2 Å². The molecule has 96 valence electrons. The summed E-state index contributed by atoms with van der Waals surface area (Å²) in [6, 6.07) is 0. The van der Waals surface area contributed by atoms with E-state index in [4.69, 9.17) is 0 Å². The minimum absolute atomic E-state index is 0.215. The topological polar surface area (TPSA) is 31.4 Å². The van der Waals surface area contributed by atoms with Gasteiger partial charge in [0.1, 0.15) is 5.56 Å². The highest BCUT2D eigenvalue weighted by Gasteiger charge is 2.35. The highest BCUT2D eigenvalue weighted by molar-refractivity contribution is 5.43. The minimum Gasteiger partial charge on any atom is -0.491 e. The fraction of sp³-hybridized carbons (Fsp3) is 0.375. The van der Waals surface area contributed by atoms with E-state index < -0.39 is 35.8 Å². The molecule has 0 amide bonds. The zero-order valence-corrected chi connectivity index (χ0v) is 8.19. The molecule has 0 aromatic carbocycles. The first kappa shape index (κ1) is 13.4. The lowest BCUT2D eigenvalue weighted by Crippen LogP contribution is -2.19. The van der Waals surface area contributed by atoms with E-state index in [9.17, 15) is 26.3 Å². The van der Waals surface area contributed by atoms with Crippen molar-refractivity contribution in [2.45, 2.75) is 12.8 Å². The first-order chi connectivity index (χ1) is 7.76. The molecule has 0 spiro atoms. The van der Waals surface area contributed by atoms with Gasteiger partial charge in [0.05, 0.1) is 13.3 Å². The molecule has 0 atom stereocenters. The third-order valence-electron chi connectivity index (χ3n) is 1.64. The first-order valence-electron chi connectivity index (χ1n) is 4.02. The predicted molar refractivity (Wildman–Crippen MR) is 42.4 cm³/mol. The van der Waals surface area contributed by atoms with Crippen LogP contribution >= 0.6 is 0 Å². The average Bonchev–Trinajstić information content (AvgIpc) is 2.17. The van der Waals surface area contributed by atoms with Crippen molar-refractivity contribution in [3.63, 3.8) is 0 Å². The molecule has 17 heavy (non-hydrogen) atoms. The summed E-state index contributed by atoms with van der Waals surface area (Å²) in [5, 5.41) is 0. The zero-order chi connectivity index (χ0) is 13.2. The monoisotopic (exact) mass is 261 g/mol. The second-order valence-electron chi connectivity index (χ2n) is 2.71. The highest BCUT2D eigenvalue weighted by atomic mass is 19.4. The lowest BCUT2D eigenvalue weighted by Gasteiger charge is -2.15. The number of aromatic nitrogens is 1. The average molecular weight is 261 g/mol. The molecule has 0 aliphatic heterocycles. The van der Waals surface area contributed by atoms with Crippen molar-refractivity contribution < 1.29 is 35.8 Å². The Hall–Kier alpha value is -1.67. The number of ether oxygens (including phenoxy) is 2. The van der Waals surface area contributed by atoms with Crippen LogP contribution in [0.1, 0.15) is 12.0 Å². The zero-order valence-electron chi connectivity index (χ0n) is 8.19. The van der Waals surface area contributed by atoms with Crippen LogP contribution < -0.4 is 9.47 Å². The number of hydrogen-bond donors (Lipinski definition) is 0. The lowest BCUT2D eigenvalue weighted by molar-refractivity contribution is -0.275. The fourth-order valence-electron chi connectivity index (χ4n) is 1.07. The van der Waals surface area contributed by atoms with Crippen LogP contribution in [-0.2, 0) is 0 Å². The van der Waals surface area contributed by atoms with Crippen molar-refractivity contribution in [1.29, 1.82) is 0 Å². The van der Waals surface area contributed by atoms with Crippen LogP contribution in [0.15, 0.2) is 6.20 Å². The maximum absolute atomic E-state index is 12.9. The van der Waals surface area contributed by atoms with Gasteiger partial charge < -0.3 is 9.47 Å². The van der Waals surface area contributed by atoms with Crippen molar-refractivity contribution in [2.24, 2.45) is 0 Å². The Morgan fingerprint density at radius 3 is 2.29 bits per heavy atom. The number of pyridine rings is 1. The molecule has 3 nitrogen and oxygen atoms in total. The van der Waals surface area contributed by atoms with Gasteiger partial charge >= 0.3 is 6.36 Å². The summed E-state index contributed by atoms with van der Waals surface area (Å²) in [6.45, 7) is 0. The number of hydrogen-bond acceptors (Lipinski definition) is 3. The first-order valence-corrected chi connectivity index (χ1v) is 4.02. The Bertz CT molecular complexity index is 406. The Labute approximate surface area is 91.0 Å². The summed E-state index contributed by atoms with van der Waals surface area (Å²) in [5.41, 5.74) is -1.34. The number of rotatable bonds is 3. The predicted octanol–water partition coefficient (Wildman–Crippen LogP) is 3.07. The van der Waals surface area contributed by atoms with E-state index in [2.05, 4.69) is 14.5 Å². The minimum atomic E-state index is -5.19. The molecule has 1 aromatic heterocycles. The van der Waals surface area contributed by atoms with Gasteiger partial charge in [-0.25, -0.2) is 13.8 Å². The molecular weight excluding hydrogens is 256 g/mol. The Morgan fingerprint density at radius 2 is 1.88 bits per heavy atom. The molecule has 0 fully saturated rings. The van der Waals surface area contributed by atoms with Crippen molar-refractivity contribution >= 4 is 0 Å². The van der Waals surface area contributed by atoms with Crippen molar-refractivity contribution in [3.8, 4) is 11.5 Å². The van der Waals surface area contributed by atoms with E-state index in [1.807, 2.05) is 0 Å². The molecule has 0 saturated carbocycles. The molecule has 0 unspecified atom stereocenters. The summed E-state index contributed by atoms with van der Waals surface area (Å²) >= 11 is 0. The van der Waals surface area contributed by atoms with E-state index in [1.54, 1.807) is 0 Å². The standard InChI is InChI=1S/C8H5F6NO2/c1-16-5-4(6(9)10)3(2-15-7(5)11)17-8(12,13)14/h2,6H,1H3. The van der Waals surface area contributed by atoms with Crippen LogP contribution in [0.3, 0.4) is 0 Å². The van der Waals surface area contributed by atoms with Gasteiger partial charge in [-0.3, -0.25) is 0 Å². The van der Waals surface area contributed by atoms with Crippen LogP contribution in [0.2, 0.25) is 0 Å². The summed E-state index contributed by atoms with van der Waals surface area (Å²) in [5.74, 6) is -3.83. The SMILES string of the molecule is COc1c(F)ncc(OC(F)(F)F)c1C(F)F. The van der Waals surface area contributed by atoms with Crippen molar-refractivity contribution in [3.05, 3.63) is 17.7 Å². The Morgan fingerprint density at radius 1 is 1.29 bits per heavy atom. The maximum atomic E-state index is 12.9. The van der Waals surface area contributed by atoms with E-state index in [-0.39, 0.29) is 6.20 Å². The molecule has 0 aliphatic rings. The molecule has 0 N–H and O–H groups in total. The smallest absolute Gasteiger partial charge is 0.491 e. The van der Waals surface area contributed by atoms with Gasteiger partial charge in [0, 0.05) is 0 Å². The van der Waals surface area contributed by atoms with Gasteiger partial charge in [0.25, 0.3) is 12.4 Å². The van der Waals surface area contributed by atoms with Crippen LogP contribution in [0, 0.1) is 5.95 Å². The molecule has 9 heteroatoms. The highest BCUT2D eigenvalue weighted by Crippen LogP contribution is 2.39. The van der Waals surface area contributed by atoms with E-state index >= 15 is 0 Å². The molecule has 1 heterocycles. The van der Waals surface area contributed by atoms with Crippen LogP contribution in [0.4, 0.5) is 26.3 Å². The summed E-state index contributed by atoms with van der Waals surface area (Å²) in [4.78, 5) is 2.83. The molecule has 1 rings (SSSR count). The molecule has 0 aliphatic carbocycles. The van der Waals surface area contributed by atoms with Gasteiger partial charge in [0.15, 0.2) is 11.5 Å². The van der Waals surface area contributed by atoms with Gasteiger partial charge in [-0.2, -0.15) is 4.39 Å². The third kappa shape index (κ3) is 3.14. The van der Waals surface area contributed by atoms with E-state index in [1.165, 1.54) is 0 Å². The van der Waals surface area contributed by atoms with Gasteiger partial charge in [-0.1, -0.05) is 0 Å².